The summed E-state index contributed by atoms with van der Waals surface area (Å²) < 4.78 is 10.7. The highest BCUT2D eigenvalue weighted by Gasteiger charge is 2.63. The van der Waals surface area contributed by atoms with Crippen LogP contribution >= 0.6 is 0 Å². The highest BCUT2D eigenvalue weighted by atomic mass is 16.7. The van der Waals surface area contributed by atoms with E-state index in [1.54, 1.807) is 0 Å². The third kappa shape index (κ3) is 3.35. The maximum absolute atomic E-state index is 12.4. The minimum atomic E-state index is -1.97. The van der Waals surface area contributed by atoms with E-state index in [4.69, 9.17) is 19.7 Å². The van der Waals surface area contributed by atoms with Crippen LogP contribution in [0.25, 0.3) is 0 Å². The Balaban J connectivity index is 2.04. The lowest BCUT2D eigenvalue weighted by molar-refractivity contribution is -0.259. The van der Waals surface area contributed by atoms with Crippen LogP contribution in [0.15, 0.2) is 12.2 Å². The molecule has 2 saturated heterocycles. The van der Waals surface area contributed by atoms with E-state index in [-0.39, 0.29) is 19.1 Å². The van der Waals surface area contributed by atoms with Gasteiger partial charge in [0.1, 0.15) is 12.2 Å². The first-order valence-corrected chi connectivity index (χ1v) is 7.97. The number of Topliss-reactive ketones (excluding diaryl/α,β-unsaturated/α-hetero) is 1. The maximum atomic E-state index is 12.4. The average Bonchev–Trinajstić information content (AvgIpc) is 2.88. The van der Waals surface area contributed by atoms with Crippen LogP contribution in [0.3, 0.4) is 0 Å². The van der Waals surface area contributed by atoms with Crippen molar-refractivity contribution in [3.63, 3.8) is 0 Å². The standard InChI is InChI=1S/C16H26O7/c1-9(6-17)4-3-5-10(2)11-8-22-15-16(11,21)14(20)13(19)12(7-18)23-15/h9,11-13,15,17-19,21H,2-8H2,1H3/t9?,11-,12-,13-,15-,16?/m1/s1. The Morgan fingerprint density at radius 3 is 2.78 bits per heavy atom. The molecule has 2 aliphatic rings. The van der Waals surface area contributed by atoms with E-state index in [0.717, 1.165) is 12.8 Å². The summed E-state index contributed by atoms with van der Waals surface area (Å²) in [7, 11) is 0. The molecular weight excluding hydrogens is 304 g/mol. The minimum Gasteiger partial charge on any atom is -0.396 e. The number of rotatable bonds is 7. The Labute approximate surface area is 135 Å². The van der Waals surface area contributed by atoms with Crippen molar-refractivity contribution in [1.82, 2.24) is 0 Å². The fraction of sp³-hybridized carbons (Fsp3) is 0.812. The Bertz CT molecular complexity index is 452. The molecule has 2 unspecified atom stereocenters. The Hall–Kier alpha value is -0.830. The van der Waals surface area contributed by atoms with Gasteiger partial charge in [-0.25, -0.2) is 0 Å². The molecule has 2 rings (SSSR count). The van der Waals surface area contributed by atoms with Crippen LogP contribution in [0.1, 0.15) is 26.2 Å². The number of hydrogen-bond acceptors (Lipinski definition) is 7. The zero-order valence-electron chi connectivity index (χ0n) is 13.4. The Morgan fingerprint density at radius 2 is 2.17 bits per heavy atom. The van der Waals surface area contributed by atoms with Crippen LogP contribution < -0.4 is 0 Å². The van der Waals surface area contributed by atoms with Crippen molar-refractivity contribution < 1.29 is 34.7 Å². The highest BCUT2D eigenvalue weighted by Crippen LogP contribution is 2.42. The van der Waals surface area contributed by atoms with Gasteiger partial charge in [-0.3, -0.25) is 4.79 Å². The largest absolute Gasteiger partial charge is 0.396 e. The third-order valence-corrected chi connectivity index (χ3v) is 4.80. The van der Waals surface area contributed by atoms with Crippen molar-refractivity contribution in [2.45, 2.75) is 50.3 Å². The molecule has 2 fully saturated rings. The maximum Gasteiger partial charge on any atom is 0.201 e. The number of ether oxygens (including phenoxy) is 2. The molecular formula is C16H26O7. The number of aliphatic hydroxyl groups is 4. The molecule has 2 heterocycles. The second-order valence-electron chi connectivity index (χ2n) is 6.55. The van der Waals surface area contributed by atoms with Crippen LogP contribution in [-0.2, 0) is 14.3 Å². The lowest BCUT2D eigenvalue weighted by Gasteiger charge is -2.41. The fourth-order valence-electron chi connectivity index (χ4n) is 3.19. The molecule has 4 N–H and O–H groups in total. The number of fused-ring (bicyclic) bond motifs is 1. The topological polar surface area (TPSA) is 116 Å². The second-order valence-corrected chi connectivity index (χ2v) is 6.55. The number of carbonyl (C=O) groups is 1. The fourth-order valence-corrected chi connectivity index (χ4v) is 3.19. The van der Waals surface area contributed by atoms with Gasteiger partial charge in [0, 0.05) is 12.5 Å². The van der Waals surface area contributed by atoms with E-state index in [0.29, 0.717) is 12.0 Å². The van der Waals surface area contributed by atoms with E-state index < -0.39 is 42.4 Å². The van der Waals surface area contributed by atoms with Crippen LogP contribution in [0.4, 0.5) is 0 Å². The van der Waals surface area contributed by atoms with Gasteiger partial charge in [-0.05, 0) is 25.2 Å². The van der Waals surface area contributed by atoms with Gasteiger partial charge in [-0.2, -0.15) is 0 Å². The molecule has 0 bridgehead atoms. The molecule has 7 heteroatoms. The second kappa shape index (κ2) is 7.38. The molecule has 0 radical (unpaired) electrons. The number of carbonyl (C=O) groups excluding carboxylic acids is 1. The van der Waals surface area contributed by atoms with Gasteiger partial charge in [0.15, 0.2) is 11.9 Å². The predicted molar refractivity (Wildman–Crippen MR) is 80.4 cm³/mol. The van der Waals surface area contributed by atoms with E-state index in [1.807, 2.05) is 6.92 Å². The summed E-state index contributed by atoms with van der Waals surface area (Å²) in [6.07, 6.45) is -1.72. The molecule has 0 aromatic heterocycles. The van der Waals surface area contributed by atoms with Gasteiger partial charge in [-0.1, -0.05) is 19.1 Å². The van der Waals surface area contributed by atoms with Crippen LogP contribution in [0.5, 0.6) is 0 Å². The molecule has 6 atom stereocenters. The zero-order valence-corrected chi connectivity index (χ0v) is 13.4. The first-order chi connectivity index (χ1) is 10.9. The van der Waals surface area contributed by atoms with E-state index in [9.17, 15) is 15.0 Å². The SMILES string of the molecule is C=C(CCCC(C)CO)[C@H]1CO[C@@H]2O[C@H](CO)[C@@H](O)C(=O)C21O. The third-order valence-electron chi connectivity index (χ3n) is 4.80. The van der Waals surface area contributed by atoms with Gasteiger partial charge >= 0.3 is 0 Å². The van der Waals surface area contributed by atoms with Gasteiger partial charge in [0.25, 0.3) is 0 Å². The minimum absolute atomic E-state index is 0.0756. The van der Waals surface area contributed by atoms with Crippen molar-refractivity contribution in [3.05, 3.63) is 12.2 Å². The van der Waals surface area contributed by atoms with Crippen molar-refractivity contribution >= 4 is 5.78 Å². The molecule has 7 nitrogen and oxygen atoms in total. The summed E-state index contributed by atoms with van der Waals surface area (Å²) in [5.41, 5.74) is -1.31. The van der Waals surface area contributed by atoms with E-state index in [2.05, 4.69) is 6.58 Å². The molecule has 0 aliphatic carbocycles. The highest BCUT2D eigenvalue weighted by molar-refractivity contribution is 5.93. The Morgan fingerprint density at radius 1 is 1.48 bits per heavy atom. The van der Waals surface area contributed by atoms with Gasteiger partial charge in [-0.15, -0.1) is 0 Å². The zero-order chi connectivity index (χ0) is 17.2. The number of ketones is 1. The van der Waals surface area contributed by atoms with Crippen LogP contribution in [0.2, 0.25) is 0 Å². The van der Waals surface area contributed by atoms with Crippen molar-refractivity contribution in [2.24, 2.45) is 11.8 Å². The first-order valence-electron chi connectivity index (χ1n) is 7.97. The summed E-state index contributed by atoms with van der Waals surface area (Å²) in [6.45, 7) is 5.55. The summed E-state index contributed by atoms with van der Waals surface area (Å²) in [5, 5.41) is 38.9. The van der Waals surface area contributed by atoms with Crippen molar-refractivity contribution in [3.8, 4) is 0 Å². The first kappa shape index (κ1) is 18.5. The smallest absolute Gasteiger partial charge is 0.201 e. The van der Waals surface area contributed by atoms with Crippen LogP contribution in [-0.4, -0.2) is 70.1 Å². The number of hydrogen-bond donors (Lipinski definition) is 4. The van der Waals surface area contributed by atoms with Gasteiger partial charge in [0.05, 0.1) is 13.2 Å². The summed E-state index contributed by atoms with van der Waals surface area (Å²) in [5.74, 6) is -1.26. The molecule has 0 aromatic rings. The summed E-state index contributed by atoms with van der Waals surface area (Å²) in [4.78, 5) is 12.4. The van der Waals surface area contributed by atoms with Crippen molar-refractivity contribution in [2.75, 3.05) is 19.8 Å². The molecule has 0 aromatic carbocycles. The predicted octanol–water partition coefficient (Wildman–Crippen LogP) is -0.634. The average molecular weight is 330 g/mol. The molecule has 0 amide bonds. The van der Waals surface area contributed by atoms with Gasteiger partial charge in [0.2, 0.25) is 5.78 Å². The molecule has 0 saturated carbocycles. The van der Waals surface area contributed by atoms with E-state index in [1.165, 1.54) is 0 Å². The molecule has 132 valence electrons. The summed E-state index contributed by atoms with van der Waals surface area (Å²) >= 11 is 0. The normalized spacial score (nSPS) is 38.4. The lowest BCUT2D eigenvalue weighted by Crippen LogP contribution is -2.64. The van der Waals surface area contributed by atoms with Crippen molar-refractivity contribution in [1.29, 1.82) is 0 Å². The van der Waals surface area contributed by atoms with E-state index >= 15 is 0 Å². The molecule has 2 aliphatic heterocycles. The number of aliphatic hydroxyl groups excluding tert-OH is 3. The quantitative estimate of drug-likeness (QED) is 0.459. The molecule has 23 heavy (non-hydrogen) atoms. The summed E-state index contributed by atoms with van der Waals surface area (Å²) in [6, 6.07) is 0. The molecule has 0 spiro atoms. The van der Waals surface area contributed by atoms with Gasteiger partial charge < -0.3 is 29.9 Å². The van der Waals surface area contributed by atoms with Crippen LogP contribution in [0, 0.1) is 11.8 Å². The lowest BCUT2D eigenvalue weighted by atomic mass is 9.76. The Kier molecular flexibility index (Phi) is 5.94. The monoisotopic (exact) mass is 330 g/mol.